The van der Waals surface area contributed by atoms with Gasteiger partial charge >= 0.3 is 0 Å². The van der Waals surface area contributed by atoms with Gasteiger partial charge in [0, 0.05) is 53.1 Å². The molecule has 1 aromatic rings. The lowest BCUT2D eigenvalue weighted by molar-refractivity contribution is 0.121. The van der Waals surface area contributed by atoms with Gasteiger partial charge in [-0.3, -0.25) is 9.67 Å². The van der Waals surface area contributed by atoms with Crippen LogP contribution in [-0.4, -0.2) is 85.1 Å². The van der Waals surface area contributed by atoms with Gasteiger partial charge in [0.25, 0.3) is 0 Å². The highest BCUT2D eigenvalue weighted by atomic mass is 127. The van der Waals surface area contributed by atoms with Gasteiger partial charge in [0.1, 0.15) is 0 Å². The summed E-state index contributed by atoms with van der Waals surface area (Å²) >= 11 is 0. The van der Waals surface area contributed by atoms with Crippen LogP contribution in [0, 0.1) is 11.8 Å². The SMILES string of the molecule is CCNC(=NCC1CCN(CCOC)CC1)N1CCC(Cc2cnn(C)c2)C1.I. The Morgan fingerprint density at radius 1 is 1.24 bits per heavy atom. The molecule has 0 spiro atoms. The minimum atomic E-state index is 0. The molecule has 0 bridgehead atoms. The fraction of sp³-hybridized carbons (Fsp3) is 0.810. The second kappa shape index (κ2) is 12.7. The maximum Gasteiger partial charge on any atom is 0.193 e. The molecule has 1 N–H and O–H groups in total. The number of likely N-dealkylation sites (tertiary alicyclic amines) is 2. The molecule has 8 heteroatoms. The number of ether oxygens (including phenoxy) is 1. The highest BCUT2D eigenvalue weighted by Gasteiger charge is 2.26. The molecule has 1 atom stereocenters. The van der Waals surface area contributed by atoms with Gasteiger partial charge in [0.2, 0.25) is 0 Å². The number of nitrogens with zero attached hydrogens (tertiary/aromatic N) is 5. The number of methoxy groups -OCH3 is 1. The van der Waals surface area contributed by atoms with Crippen LogP contribution < -0.4 is 5.32 Å². The molecule has 2 fully saturated rings. The zero-order chi connectivity index (χ0) is 19.8. The molecule has 0 saturated carbocycles. The highest BCUT2D eigenvalue weighted by molar-refractivity contribution is 14.0. The maximum atomic E-state index is 5.20. The van der Waals surface area contributed by atoms with E-state index in [1.54, 1.807) is 7.11 Å². The first kappa shape index (κ1) is 24.4. The number of aromatic nitrogens is 2. The largest absolute Gasteiger partial charge is 0.383 e. The molecular weight excluding hydrogens is 479 g/mol. The van der Waals surface area contributed by atoms with Crippen molar-refractivity contribution in [2.75, 3.05) is 59.5 Å². The summed E-state index contributed by atoms with van der Waals surface area (Å²) in [6.45, 7) is 10.5. The summed E-state index contributed by atoms with van der Waals surface area (Å²) in [6.07, 6.45) is 8.98. The van der Waals surface area contributed by atoms with Crippen LogP contribution in [0.2, 0.25) is 0 Å². The van der Waals surface area contributed by atoms with Crippen LogP contribution in [-0.2, 0) is 18.2 Å². The van der Waals surface area contributed by atoms with Crippen LogP contribution in [0.5, 0.6) is 0 Å². The number of halogens is 1. The molecule has 1 unspecified atom stereocenters. The van der Waals surface area contributed by atoms with Crippen LogP contribution in [0.15, 0.2) is 17.4 Å². The molecule has 2 aliphatic heterocycles. The molecule has 3 heterocycles. The Balaban J connectivity index is 0.00000300. The summed E-state index contributed by atoms with van der Waals surface area (Å²) in [6, 6.07) is 0. The van der Waals surface area contributed by atoms with Crippen molar-refractivity contribution in [3.63, 3.8) is 0 Å². The molecule has 166 valence electrons. The zero-order valence-corrected chi connectivity index (χ0v) is 20.7. The third-order valence-electron chi connectivity index (χ3n) is 6.02. The Morgan fingerprint density at radius 2 is 2.00 bits per heavy atom. The molecule has 3 rings (SSSR count). The van der Waals surface area contributed by atoms with E-state index in [9.17, 15) is 0 Å². The molecule has 0 aromatic carbocycles. The second-order valence-corrected chi connectivity index (χ2v) is 8.30. The van der Waals surface area contributed by atoms with Gasteiger partial charge in [-0.05, 0) is 63.1 Å². The Hall–Kier alpha value is -0.870. The summed E-state index contributed by atoms with van der Waals surface area (Å²) in [4.78, 5) is 9.99. The summed E-state index contributed by atoms with van der Waals surface area (Å²) in [7, 11) is 3.77. The number of rotatable bonds is 8. The molecule has 7 nitrogen and oxygen atoms in total. The second-order valence-electron chi connectivity index (χ2n) is 8.30. The van der Waals surface area contributed by atoms with Crippen molar-refractivity contribution >= 4 is 29.9 Å². The van der Waals surface area contributed by atoms with Gasteiger partial charge in [-0.1, -0.05) is 0 Å². The van der Waals surface area contributed by atoms with Crippen LogP contribution in [0.4, 0.5) is 0 Å². The quantitative estimate of drug-likeness (QED) is 0.325. The first-order valence-electron chi connectivity index (χ1n) is 10.9. The van der Waals surface area contributed by atoms with Gasteiger partial charge in [-0.2, -0.15) is 5.10 Å². The fourth-order valence-electron chi connectivity index (χ4n) is 4.36. The van der Waals surface area contributed by atoms with E-state index in [1.807, 2.05) is 17.9 Å². The van der Waals surface area contributed by atoms with Crippen molar-refractivity contribution in [1.29, 1.82) is 0 Å². The average molecular weight is 518 g/mol. The van der Waals surface area contributed by atoms with E-state index in [1.165, 1.54) is 37.9 Å². The minimum absolute atomic E-state index is 0. The fourth-order valence-corrected chi connectivity index (χ4v) is 4.36. The van der Waals surface area contributed by atoms with Crippen LogP contribution in [0.1, 0.15) is 31.7 Å². The van der Waals surface area contributed by atoms with E-state index in [0.29, 0.717) is 11.8 Å². The first-order chi connectivity index (χ1) is 13.7. The van der Waals surface area contributed by atoms with Crippen LogP contribution >= 0.6 is 24.0 Å². The van der Waals surface area contributed by atoms with E-state index < -0.39 is 0 Å². The summed E-state index contributed by atoms with van der Waals surface area (Å²) in [5, 5.41) is 7.82. The van der Waals surface area contributed by atoms with Crippen LogP contribution in [0.25, 0.3) is 0 Å². The van der Waals surface area contributed by atoms with Crippen molar-refractivity contribution in [2.45, 2.75) is 32.6 Å². The Bertz CT molecular complexity index is 614. The Morgan fingerprint density at radius 3 is 2.66 bits per heavy atom. The number of hydrogen-bond acceptors (Lipinski definition) is 4. The standard InChI is InChI=1S/C21H38N6O.HI/c1-4-22-21(23-14-18-5-8-26(9-6-18)11-12-28-3)27-10-7-19(17-27)13-20-15-24-25(2)16-20;/h15-16,18-19H,4-14,17H2,1-3H3,(H,22,23);1H. The zero-order valence-electron chi connectivity index (χ0n) is 18.3. The monoisotopic (exact) mass is 518 g/mol. The Kier molecular flexibility index (Phi) is 10.7. The molecule has 29 heavy (non-hydrogen) atoms. The predicted molar refractivity (Wildman–Crippen MR) is 129 cm³/mol. The smallest absolute Gasteiger partial charge is 0.193 e. The van der Waals surface area contributed by atoms with Gasteiger partial charge in [-0.25, -0.2) is 0 Å². The van der Waals surface area contributed by atoms with Gasteiger partial charge in [0.05, 0.1) is 12.8 Å². The van der Waals surface area contributed by atoms with E-state index in [0.717, 1.165) is 51.7 Å². The number of guanidine groups is 1. The number of hydrogen-bond donors (Lipinski definition) is 1. The minimum Gasteiger partial charge on any atom is -0.383 e. The lowest BCUT2D eigenvalue weighted by atomic mass is 9.97. The van der Waals surface area contributed by atoms with Crippen molar-refractivity contribution in [3.05, 3.63) is 18.0 Å². The molecule has 0 aliphatic carbocycles. The Labute approximate surface area is 193 Å². The lowest BCUT2D eigenvalue weighted by Crippen LogP contribution is -2.41. The van der Waals surface area contributed by atoms with Crippen molar-refractivity contribution in [1.82, 2.24) is 24.9 Å². The third-order valence-corrected chi connectivity index (χ3v) is 6.02. The topological polar surface area (TPSA) is 57.9 Å². The van der Waals surface area contributed by atoms with Crippen molar-refractivity contribution in [2.24, 2.45) is 23.9 Å². The van der Waals surface area contributed by atoms with E-state index in [-0.39, 0.29) is 24.0 Å². The lowest BCUT2D eigenvalue weighted by Gasteiger charge is -2.31. The number of nitrogens with one attached hydrogen (secondary N) is 1. The molecule has 0 amide bonds. The molecule has 0 radical (unpaired) electrons. The van der Waals surface area contributed by atoms with Crippen molar-refractivity contribution < 1.29 is 4.74 Å². The van der Waals surface area contributed by atoms with E-state index >= 15 is 0 Å². The number of aliphatic imine (C=N–C) groups is 1. The maximum absolute atomic E-state index is 5.20. The van der Waals surface area contributed by atoms with Gasteiger partial charge in [-0.15, -0.1) is 24.0 Å². The van der Waals surface area contributed by atoms with Gasteiger partial charge < -0.3 is 19.9 Å². The molecule has 2 aliphatic rings. The summed E-state index contributed by atoms with van der Waals surface area (Å²) < 4.78 is 7.10. The van der Waals surface area contributed by atoms with E-state index in [4.69, 9.17) is 9.73 Å². The molecule has 1 aromatic heterocycles. The normalized spacial score (nSPS) is 21.4. The van der Waals surface area contributed by atoms with Crippen LogP contribution in [0.3, 0.4) is 0 Å². The van der Waals surface area contributed by atoms with Gasteiger partial charge in [0.15, 0.2) is 5.96 Å². The first-order valence-corrected chi connectivity index (χ1v) is 10.9. The predicted octanol–water partition coefficient (Wildman–Crippen LogP) is 2.23. The number of aryl methyl sites for hydroxylation is 1. The molecular formula is C21H39IN6O. The molecule has 2 saturated heterocycles. The third kappa shape index (κ3) is 7.71. The van der Waals surface area contributed by atoms with Crippen molar-refractivity contribution in [3.8, 4) is 0 Å². The number of piperidine rings is 1. The highest BCUT2D eigenvalue weighted by Crippen LogP contribution is 2.22. The van der Waals surface area contributed by atoms with E-state index in [2.05, 4.69) is 33.3 Å². The summed E-state index contributed by atoms with van der Waals surface area (Å²) in [5.41, 5.74) is 1.34. The average Bonchev–Trinajstić information content (AvgIpc) is 3.33. The summed E-state index contributed by atoms with van der Waals surface area (Å²) in [5.74, 6) is 2.51.